The molecule has 0 bridgehead atoms. The van der Waals surface area contributed by atoms with E-state index in [0.29, 0.717) is 0 Å². The third-order valence-corrected chi connectivity index (χ3v) is 3.95. The number of nitrogens with one attached hydrogen (secondary N) is 1. The van der Waals surface area contributed by atoms with Gasteiger partial charge >= 0.3 is 0 Å². The highest BCUT2D eigenvalue weighted by molar-refractivity contribution is 5.55. The molecule has 2 aromatic carbocycles. The van der Waals surface area contributed by atoms with Crippen molar-refractivity contribution in [1.29, 1.82) is 0 Å². The number of rotatable bonds is 7. The smallest absolute Gasteiger partial charge is 0.0400 e. The fourth-order valence-corrected chi connectivity index (χ4v) is 2.49. The molecule has 118 valence electrons. The molecule has 0 radical (unpaired) electrons. The Kier molecular flexibility index (Phi) is 5.70. The van der Waals surface area contributed by atoms with Crippen molar-refractivity contribution < 1.29 is 0 Å². The zero-order chi connectivity index (χ0) is 15.9. The first kappa shape index (κ1) is 16.2. The maximum atomic E-state index is 3.47. The summed E-state index contributed by atoms with van der Waals surface area (Å²) in [5.41, 5.74) is 4.96. The lowest BCUT2D eigenvalue weighted by Crippen LogP contribution is -2.21. The highest BCUT2D eigenvalue weighted by Gasteiger charge is 2.01. The molecule has 3 nitrogen and oxygen atoms in total. The van der Waals surface area contributed by atoms with E-state index in [2.05, 4.69) is 91.6 Å². The fraction of sp³-hybridized carbons (Fsp3) is 0.368. The summed E-state index contributed by atoms with van der Waals surface area (Å²) in [6.45, 7) is 7.32. The van der Waals surface area contributed by atoms with Crippen LogP contribution in [0.2, 0.25) is 0 Å². The topological polar surface area (TPSA) is 18.5 Å². The Morgan fingerprint density at radius 3 is 1.82 bits per heavy atom. The second-order valence-electron chi connectivity index (χ2n) is 5.63. The quantitative estimate of drug-likeness (QED) is 0.826. The van der Waals surface area contributed by atoms with Crippen molar-refractivity contribution in [3.63, 3.8) is 0 Å². The average Bonchev–Trinajstić information content (AvgIpc) is 2.55. The summed E-state index contributed by atoms with van der Waals surface area (Å²) in [4.78, 5) is 4.47. The van der Waals surface area contributed by atoms with Crippen molar-refractivity contribution >= 4 is 17.1 Å². The molecule has 0 amide bonds. The van der Waals surface area contributed by atoms with Gasteiger partial charge in [0.05, 0.1) is 0 Å². The molecule has 0 aliphatic heterocycles. The Labute approximate surface area is 134 Å². The summed E-state index contributed by atoms with van der Waals surface area (Å²) < 4.78 is 0. The van der Waals surface area contributed by atoms with Gasteiger partial charge in [-0.2, -0.15) is 0 Å². The molecule has 22 heavy (non-hydrogen) atoms. The summed E-state index contributed by atoms with van der Waals surface area (Å²) in [7, 11) is 4.11. The normalized spacial score (nSPS) is 10.4. The SMILES string of the molecule is CCN(CC)c1ccc(CNc2ccc(N(C)C)cc2)cc1. The van der Waals surface area contributed by atoms with Gasteiger partial charge < -0.3 is 15.1 Å². The van der Waals surface area contributed by atoms with E-state index in [4.69, 9.17) is 0 Å². The zero-order valence-corrected chi connectivity index (χ0v) is 14.1. The third kappa shape index (κ3) is 4.17. The first-order chi connectivity index (χ1) is 10.6. The monoisotopic (exact) mass is 297 g/mol. The van der Waals surface area contributed by atoms with Gasteiger partial charge in [-0.1, -0.05) is 12.1 Å². The van der Waals surface area contributed by atoms with Gasteiger partial charge in [-0.05, 0) is 55.8 Å². The lowest BCUT2D eigenvalue weighted by Gasteiger charge is -2.21. The minimum absolute atomic E-state index is 0.847. The molecule has 0 heterocycles. The minimum Gasteiger partial charge on any atom is -0.381 e. The average molecular weight is 297 g/mol. The summed E-state index contributed by atoms with van der Waals surface area (Å²) in [5, 5.41) is 3.47. The van der Waals surface area contributed by atoms with Crippen LogP contribution in [-0.2, 0) is 6.54 Å². The van der Waals surface area contributed by atoms with Crippen LogP contribution in [-0.4, -0.2) is 27.2 Å². The van der Waals surface area contributed by atoms with Gasteiger partial charge in [-0.25, -0.2) is 0 Å². The lowest BCUT2D eigenvalue weighted by atomic mass is 10.2. The molecular weight excluding hydrogens is 270 g/mol. The Hall–Kier alpha value is -2.16. The van der Waals surface area contributed by atoms with Crippen molar-refractivity contribution in [2.75, 3.05) is 42.3 Å². The molecule has 3 heteroatoms. The van der Waals surface area contributed by atoms with Crippen molar-refractivity contribution in [1.82, 2.24) is 0 Å². The van der Waals surface area contributed by atoms with Crippen molar-refractivity contribution in [2.45, 2.75) is 20.4 Å². The van der Waals surface area contributed by atoms with E-state index in [0.717, 1.165) is 25.3 Å². The Morgan fingerprint density at radius 1 is 0.773 bits per heavy atom. The van der Waals surface area contributed by atoms with E-state index in [1.807, 2.05) is 0 Å². The molecule has 0 unspecified atom stereocenters. The van der Waals surface area contributed by atoms with Gasteiger partial charge in [0.2, 0.25) is 0 Å². The first-order valence-corrected chi connectivity index (χ1v) is 7.99. The molecular formula is C19H27N3. The highest BCUT2D eigenvalue weighted by atomic mass is 15.1. The van der Waals surface area contributed by atoms with Gasteiger partial charge in [0.1, 0.15) is 0 Å². The molecule has 2 aromatic rings. The van der Waals surface area contributed by atoms with Gasteiger partial charge in [-0.3, -0.25) is 0 Å². The van der Waals surface area contributed by atoms with E-state index in [1.54, 1.807) is 0 Å². The molecule has 2 rings (SSSR count). The zero-order valence-electron chi connectivity index (χ0n) is 14.1. The van der Waals surface area contributed by atoms with Crippen LogP contribution in [0.3, 0.4) is 0 Å². The van der Waals surface area contributed by atoms with Crippen LogP contribution in [0.4, 0.5) is 17.1 Å². The molecule has 0 aliphatic rings. The number of anilines is 3. The summed E-state index contributed by atoms with van der Waals surface area (Å²) >= 11 is 0. The van der Waals surface area contributed by atoms with Gasteiger partial charge in [0.25, 0.3) is 0 Å². The van der Waals surface area contributed by atoms with Crippen LogP contribution in [0, 0.1) is 0 Å². The van der Waals surface area contributed by atoms with Crippen molar-refractivity contribution in [2.24, 2.45) is 0 Å². The van der Waals surface area contributed by atoms with E-state index in [-0.39, 0.29) is 0 Å². The Bertz CT molecular complexity index is 554. The van der Waals surface area contributed by atoms with E-state index in [9.17, 15) is 0 Å². The second-order valence-corrected chi connectivity index (χ2v) is 5.63. The van der Waals surface area contributed by atoms with Crippen molar-refractivity contribution in [3.05, 3.63) is 54.1 Å². The van der Waals surface area contributed by atoms with Crippen LogP contribution in [0.15, 0.2) is 48.5 Å². The minimum atomic E-state index is 0.847. The Balaban J connectivity index is 1.94. The first-order valence-electron chi connectivity index (χ1n) is 7.99. The second kappa shape index (κ2) is 7.74. The van der Waals surface area contributed by atoms with E-state index in [1.165, 1.54) is 16.9 Å². The molecule has 1 N–H and O–H groups in total. The van der Waals surface area contributed by atoms with Gasteiger partial charge in [-0.15, -0.1) is 0 Å². The summed E-state index contributed by atoms with van der Waals surface area (Å²) in [6.07, 6.45) is 0. The molecule has 0 spiro atoms. The maximum absolute atomic E-state index is 3.47. The van der Waals surface area contributed by atoms with Crippen molar-refractivity contribution in [3.8, 4) is 0 Å². The number of nitrogens with zero attached hydrogens (tertiary/aromatic N) is 2. The van der Waals surface area contributed by atoms with Crippen LogP contribution in [0.1, 0.15) is 19.4 Å². The standard InChI is InChI=1S/C19H27N3/c1-5-22(6-2)19-11-7-16(8-12-19)15-20-17-9-13-18(14-10-17)21(3)4/h7-14,20H,5-6,15H2,1-4H3. The van der Waals surface area contributed by atoms with Crippen LogP contribution in [0.5, 0.6) is 0 Å². The third-order valence-electron chi connectivity index (χ3n) is 3.95. The summed E-state index contributed by atoms with van der Waals surface area (Å²) in [6, 6.07) is 17.3. The Morgan fingerprint density at radius 2 is 1.32 bits per heavy atom. The van der Waals surface area contributed by atoms with Crippen LogP contribution < -0.4 is 15.1 Å². The van der Waals surface area contributed by atoms with E-state index >= 15 is 0 Å². The molecule has 0 aromatic heterocycles. The summed E-state index contributed by atoms with van der Waals surface area (Å²) in [5.74, 6) is 0. The number of benzene rings is 2. The molecule has 0 saturated heterocycles. The molecule has 0 fully saturated rings. The fourth-order valence-electron chi connectivity index (χ4n) is 2.49. The van der Waals surface area contributed by atoms with Crippen LogP contribution in [0.25, 0.3) is 0 Å². The number of hydrogen-bond acceptors (Lipinski definition) is 3. The predicted molar refractivity (Wildman–Crippen MR) is 98.1 cm³/mol. The lowest BCUT2D eigenvalue weighted by molar-refractivity contribution is 0.865. The van der Waals surface area contributed by atoms with Gasteiger partial charge in [0, 0.05) is 50.8 Å². The molecule has 0 atom stereocenters. The predicted octanol–water partition coefficient (Wildman–Crippen LogP) is 4.21. The highest BCUT2D eigenvalue weighted by Crippen LogP contribution is 2.18. The van der Waals surface area contributed by atoms with E-state index < -0.39 is 0 Å². The maximum Gasteiger partial charge on any atom is 0.0400 e. The number of hydrogen-bond donors (Lipinski definition) is 1. The molecule has 0 saturated carbocycles. The largest absolute Gasteiger partial charge is 0.381 e. The van der Waals surface area contributed by atoms with Crippen LogP contribution >= 0.6 is 0 Å². The van der Waals surface area contributed by atoms with Gasteiger partial charge in [0.15, 0.2) is 0 Å². The molecule has 0 aliphatic carbocycles.